The molecule has 20 heavy (non-hydrogen) atoms. The third kappa shape index (κ3) is 2.70. The molecule has 0 saturated carbocycles. The van der Waals surface area contributed by atoms with E-state index >= 15 is 0 Å². The minimum atomic E-state index is 0.342. The van der Waals surface area contributed by atoms with Crippen LogP contribution in [0.15, 0.2) is 18.2 Å². The van der Waals surface area contributed by atoms with E-state index in [9.17, 15) is 0 Å². The average Bonchev–Trinajstić information content (AvgIpc) is 2.90. The molecule has 0 bridgehead atoms. The summed E-state index contributed by atoms with van der Waals surface area (Å²) in [6, 6.07) is 6.22. The summed E-state index contributed by atoms with van der Waals surface area (Å²) in [6.45, 7) is 6.80. The largest absolute Gasteiger partial charge is 0.496 e. The maximum atomic E-state index is 5.85. The summed E-state index contributed by atoms with van der Waals surface area (Å²) in [5.74, 6) is 2.14. The Kier molecular flexibility index (Phi) is 4.45. The Balaban J connectivity index is 2.59. The molecule has 0 unspecified atom stereocenters. The van der Waals surface area contributed by atoms with Crippen molar-refractivity contribution in [1.29, 1.82) is 0 Å². The van der Waals surface area contributed by atoms with E-state index < -0.39 is 0 Å². The van der Waals surface area contributed by atoms with Crippen molar-refractivity contribution in [2.45, 2.75) is 39.7 Å². The summed E-state index contributed by atoms with van der Waals surface area (Å²) in [5, 5.41) is 0. The molecule has 1 heterocycles. The number of hydrogen-bond donors (Lipinski definition) is 2. The zero-order valence-electron chi connectivity index (χ0n) is 12.7. The fourth-order valence-corrected chi connectivity index (χ4v) is 2.23. The molecule has 4 heteroatoms. The highest BCUT2D eigenvalue weighted by Crippen LogP contribution is 2.33. The molecule has 1 aromatic carbocycles. The highest BCUT2D eigenvalue weighted by atomic mass is 16.5. The molecule has 0 atom stereocenters. The van der Waals surface area contributed by atoms with Crippen LogP contribution in [-0.2, 0) is 13.0 Å². The Morgan fingerprint density at radius 3 is 2.65 bits per heavy atom. The molecular weight excluding hydrogens is 250 g/mol. The fraction of sp³-hybridized carbons (Fsp3) is 0.438. The maximum Gasteiger partial charge on any atom is 0.128 e. The molecule has 0 aliphatic carbocycles. The number of nitrogens with one attached hydrogen (secondary N) is 1. The number of ether oxygens (including phenoxy) is 1. The predicted molar refractivity (Wildman–Crippen MR) is 81.9 cm³/mol. The predicted octanol–water partition coefficient (Wildman–Crippen LogP) is 3.23. The smallest absolute Gasteiger partial charge is 0.128 e. The summed E-state index contributed by atoms with van der Waals surface area (Å²) in [7, 11) is 1.68. The second-order valence-electron chi connectivity index (χ2n) is 5.20. The van der Waals surface area contributed by atoms with Crippen molar-refractivity contribution in [2.75, 3.05) is 7.11 Å². The van der Waals surface area contributed by atoms with Gasteiger partial charge in [0, 0.05) is 18.0 Å². The van der Waals surface area contributed by atoms with Gasteiger partial charge in [0.15, 0.2) is 0 Å². The van der Waals surface area contributed by atoms with Crippen LogP contribution in [0.5, 0.6) is 5.75 Å². The number of imidazole rings is 1. The SMILES string of the molecule is CCc1ccc(OC)c(-c2nc(C(C)C)[nH]c2CN)c1. The van der Waals surface area contributed by atoms with Gasteiger partial charge >= 0.3 is 0 Å². The second kappa shape index (κ2) is 6.09. The normalized spacial score (nSPS) is 11.1. The average molecular weight is 273 g/mol. The van der Waals surface area contributed by atoms with E-state index in [2.05, 4.69) is 37.9 Å². The number of benzene rings is 1. The Bertz CT molecular complexity index is 587. The number of nitrogens with zero attached hydrogens (tertiary/aromatic N) is 1. The zero-order valence-corrected chi connectivity index (χ0v) is 12.7. The molecule has 0 aliphatic rings. The highest BCUT2D eigenvalue weighted by Gasteiger charge is 2.17. The second-order valence-corrected chi connectivity index (χ2v) is 5.20. The van der Waals surface area contributed by atoms with E-state index in [1.54, 1.807) is 7.11 Å². The van der Waals surface area contributed by atoms with Gasteiger partial charge in [-0.2, -0.15) is 0 Å². The van der Waals surface area contributed by atoms with Gasteiger partial charge in [-0.25, -0.2) is 4.98 Å². The van der Waals surface area contributed by atoms with E-state index in [1.165, 1.54) is 5.56 Å². The van der Waals surface area contributed by atoms with Gasteiger partial charge in [0.1, 0.15) is 11.6 Å². The first-order valence-corrected chi connectivity index (χ1v) is 7.06. The van der Waals surface area contributed by atoms with Crippen LogP contribution in [0.2, 0.25) is 0 Å². The monoisotopic (exact) mass is 273 g/mol. The molecule has 2 aromatic rings. The molecular formula is C16H23N3O. The van der Waals surface area contributed by atoms with Gasteiger partial charge < -0.3 is 15.5 Å². The van der Waals surface area contributed by atoms with Crippen molar-refractivity contribution in [2.24, 2.45) is 5.73 Å². The van der Waals surface area contributed by atoms with Gasteiger partial charge in [-0.1, -0.05) is 26.8 Å². The van der Waals surface area contributed by atoms with Crippen LogP contribution in [0.3, 0.4) is 0 Å². The first kappa shape index (κ1) is 14.6. The lowest BCUT2D eigenvalue weighted by molar-refractivity contribution is 0.416. The standard InChI is InChI=1S/C16H23N3O/c1-5-11-6-7-14(20-4)12(8-11)15-13(9-17)18-16(19-15)10(2)3/h6-8,10H,5,9,17H2,1-4H3,(H,18,19). The Hall–Kier alpha value is -1.81. The number of aromatic amines is 1. The van der Waals surface area contributed by atoms with Crippen LogP contribution in [0.1, 0.15) is 43.8 Å². The van der Waals surface area contributed by atoms with Crippen LogP contribution in [0, 0.1) is 0 Å². The molecule has 0 radical (unpaired) electrons. The molecule has 3 N–H and O–H groups in total. The van der Waals surface area contributed by atoms with Gasteiger partial charge in [0.05, 0.1) is 18.5 Å². The van der Waals surface area contributed by atoms with Crippen LogP contribution in [0.4, 0.5) is 0 Å². The minimum Gasteiger partial charge on any atom is -0.496 e. The quantitative estimate of drug-likeness (QED) is 0.879. The van der Waals surface area contributed by atoms with Gasteiger partial charge in [-0.05, 0) is 24.1 Å². The lowest BCUT2D eigenvalue weighted by Gasteiger charge is -2.09. The Morgan fingerprint density at radius 1 is 1.35 bits per heavy atom. The van der Waals surface area contributed by atoms with Crippen LogP contribution < -0.4 is 10.5 Å². The molecule has 108 valence electrons. The van der Waals surface area contributed by atoms with Gasteiger partial charge in [0.2, 0.25) is 0 Å². The van der Waals surface area contributed by atoms with Crippen molar-refractivity contribution in [3.05, 3.63) is 35.3 Å². The molecule has 0 fully saturated rings. The summed E-state index contributed by atoms with van der Waals surface area (Å²) in [4.78, 5) is 8.05. The van der Waals surface area contributed by atoms with Crippen molar-refractivity contribution in [3.8, 4) is 17.0 Å². The Morgan fingerprint density at radius 2 is 2.10 bits per heavy atom. The molecule has 0 spiro atoms. The van der Waals surface area contributed by atoms with Crippen LogP contribution in [-0.4, -0.2) is 17.1 Å². The van der Waals surface area contributed by atoms with Crippen molar-refractivity contribution in [3.63, 3.8) is 0 Å². The summed E-state index contributed by atoms with van der Waals surface area (Å²) < 4.78 is 5.47. The third-order valence-corrected chi connectivity index (χ3v) is 3.48. The van der Waals surface area contributed by atoms with E-state index in [-0.39, 0.29) is 0 Å². The number of nitrogens with two attached hydrogens (primary N) is 1. The van der Waals surface area contributed by atoms with Crippen molar-refractivity contribution >= 4 is 0 Å². The summed E-state index contributed by atoms with van der Waals surface area (Å²) in [5.41, 5.74) is 9.99. The topological polar surface area (TPSA) is 63.9 Å². The van der Waals surface area contributed by atoms with E-state index in [4.69, 9.17) is 15.5 Å². The zero-order chi connectivity index (χ0) is 14.7. The van der Waals surface area contributed by atoms with Gasteiger partial charge in [-0.15, -0.1) is 0 Å². The lowest BCUT2D eigenvalue weighted by Crippen LogP contribution is -2.00. The number of hydrogen-bond acceptors (Lipinski definition) is 3. The molecule has 2 rings (SSSR count). The van der Waals surface area contributed by atoms with Crippen molar-refractivity contribution in [1.82, 2.24) is 9.97 Å². The molecule has 0 aliphatic heterocycles. The highest BCUT2D eigenvalue weighted by molar-refractivity contribution is 5.70. The lowest BCUT2D eigenvalue weighted by atomic mass is 10.0. The first-order chi connectivity index (χ1) is 9.60. The maximum absolute atomic E-state index is 5.85. The third-order valence-electron chi connectivity index (χ3n) is 3.48. The van der Waals surface area contributed by atoms with Crippen LogP contribution >= 0.6 is 0 Å². The minimum absolute atomic E-state index is 0.342. The number of aromatic nitrogens is 2. The van der Waals surface area contributed by atoms with Gasteiger partial charge in [-0.3, -0.25) is 0 Å². The Labute approximate surface area is 120 Å². The molecule has 0 saturated heterocycles. The molecule has 0 amide bonds. The summed E-state index contributed by atoms with van der Waals surface area (Å²) >= 11 is 0. The number of aryl methyl sites for hydroxylation is 1. The van der Waals surface area contributed by atoms with Crippen molar-refractivity contribution < 1.29 is 4.74 Å². The van der Waals surface area contributed by atoms with E-state index in [0.717, 1.165) is 34.9 Å². The number of methoxy groups -OCH3 is 1. The fourth-order valence-electron chi connectivity index (χ4n) is 2.23. The molecule has 1 aromatic heterocycles. The summed E-state index contributed by atoms with van der Waals surface area (Å²) in [6.07, 6.45) is 0.983. The van der Waals surface area contributed by atoms with Crippen LogP contribution in [0.25, 0.3) is 11.3 Å². The van der Waals surface area contributed by atoms with E-state index in [1.807, 2.05) is 6.07 Å². The number of rotatable bonds is 5. The molecule has 4 nitrogen and oxygen atoms in total. The van der Waals surface area contributed by atoms with Gasteiger partial charge in [0.25, 0.3) is 0 Å². The number of H-pyrrole nitrogens is 1. The first-order valence-electron chi connectivity index (χ1n) is 7.06. The van der Waals surface area contributed by atoms with E-state index in [0.29, 0.717) is 12.5 Å².